The minimum Gasteiger partial charge on any atom is -0.345 e. The van der Waals surface area contributed by atoms with E-state index in [1.165, 1.54) is 4.90 Å². The molecule has 1 rings (SSSR count). The Bertz CT molecular complexity index is 529. The van der Waals surface area contributed by atoms with Gasteiger partial charge in [-0.05, 0) is 18.6 Å². The Kier molecular flexibility index (Phi) is 7.80. The number of hydrogen-bond acceptors (Lipinski definition) is 3. The number of nitrogens with zero attached hydrogens (tertiary/aromatic N) is 1. The average molecular weight is 319 g/mol. The lowest BCUT2D eigenvalue weighted by Gasteiger charge is -2.23. The van der Waals surface area contributed by atoms with Crippen molar-refractivity contribution in [1.29, 1.82) is 0 Å². The van der Waals surface area contributed by atoms with E-state index in [9.17, 15) is 14.4 Å². The summed E-state index contributed by atoms with van der Waals surface area (Å²) in [4.78, 5) is 37.2. The Labute approximate surface area is 137 Å². The second-order valence-corrected chi connectivity index (χ2v) is 5.61. The van der Waals surface area contributed by atoms with Crippen molar-refractivity contribution in [3.05, 3.63) is 30.3 Å². The third-order valence-electron chi connectivity index (χ3n) is 3.14. The van der Waals surface area contributed by atoms with Gasteiger partial charge in [0.05, 0.1) is 13.1 Å². The van der Waals surface area contributed by atoms with Crippen LogP contribution in [0.1, 0.15) is 27.2 Å². The molecule has 0 saturated carbocycles. The van der Waals surface area contributed by atoms with E-state index in [0.717, 1.165) is 6.42 Å². The first kappa shape index (κ1) is 18.7. The van der Waals surface area contributed by atoms with Crippen molar-refractivity contribution in [3.63, 3.8) is 0 Å². The number of benzene rings is 1. The van der Waals surface area contributed by atoms with Gasteiger partial charge in [-0.1, -0.05) is 39.0 Å². The van der Waals surface area contributed by atoms with Gasteiger partial charge < -0.3 is 15.5 Å². The van der Waals surface area contributed by atoms with E-state index < -0.39 is 0 Å². The van der Waals surface area contributed by atoms with Gasteiger partial charge in [-0.15, -0.1) is 0 Å². The van der Waals surface area contributed by atoms with Gasteiger partial charge in [-0.2, -0.15) is 0 Å². The monoisotopic (exact) mass is 319 g/mol. The minimum absolute atomic E-state index is 0.0243. The number of anilines is 1. The van der Waals surface area contributed by atoms with Crippen LogP contribution in [0.5, 0.6) is 0 Å². The zero-order chi connectivity index (χ0) is 17.2. The fourth-order valence-electron chi connectivity index (χ4n) is 2.04. The Morgan fingerprint density at radius 1 is 1.09 bits per heavy atom. The molecule has 6 heteroatoms. The number of carbonyl (C=O) groups excluding carboxylic acids is 3. The lowest BCUT2D eigenvalue weighted by molar-refractivity contribution is -0.138. The van der Waals surface area contributed by atoms with Gasteiger partial charge in [0.15, 0.2) is 0 Å². The molecule has 0 saturated heterocycles. The third kappa shape index (κ3) is 6.95. The van der Waals surface area contributed by atoms with E-state index in [1.807, 2.05) is 25.1 Å². The fourth-order valence-corrected chi connectivity index (χ4v) is 2.04. The average Bonchev–Trinajstić information content (AvgIpc) is 2.52. The zero-order valence-electron chi connectivity index (χ0n) is 14.0. The van der Waals surface area contributed by atoms with Crippen LogP contribution in [0.15, 0.2) is 30.3 Å². The number of para-hydroxylation sites is 1. The lowest BCUT2D eigenvalue weighted by Crippen LogP contribution is -2.44. The highest BCUT2D eigenvalue weighted by atomic mass is 16.2. The Balaban J connectivity index is 2.42. The molecule has 0 aliphatic heterocycles. The van der Waals surface area contributed by atoms with Crippen molar-refractivity contribution in [2.24, 2.45) is 5.92 Å². The van der Waals surface area contributed by atoms with Gasteiger partial charge in [0.1, 0.15) is 0 Å². The highest BCUT2D eigenvalue weighted by Gasteiger charge is 2.19. The molecular weight excluding hydrogens is 294 g/mol. The summed E-state index contributed by atoms with van der Waals surface area (Å²) in [5.41, 5.74) is 0.675. The SMILES string of the molecule is CCCN(CC(=O)NCC(=O)Nc1ccccc1)C(=O)C(C)C. The predicted molar refractivity (Wildman–Crippen MR) is 89.8 cm³/mol. The van der Waals surface area contributed by atoms with Crippen LogP contribution in [0.4, 0.5) is 5.69 Å². The zero-order valence-corrected chi connectivity index (χ0v) is 14.0. The molecular formula is C17H25N3O3. The van der Waals surface area contributed by atoms with E-state index in [4.69, 9.17) is 0 Å². The molecule has 0 aromatic heterocycles. The van der Waals surface area contributed by atoms with E-state index in [-0.39, 0.29) is 36.7 Å². The fraction of sp³-hybridized carbons (Fsp3) is 0.471. The topological polar surface area (TPSA) is 78.5 Å². The number of hydrogen-bond donors (Lipinski definition) is 2. The van der Waals surface area contributed by atoms with Crippen LogP contribution in [0.25, 0.3) is 0 Å². The predicted octanol–water partition coefficient (Wildman–Crippen LogP) is 1.64. The van der Waals surface area contributed by atoms with Crippen LogP contribution >= 0.6 is 0 Å². The van der Waals surface area contributed by atoms with Crippen LogP contribution < -0.4 is 10.6 Å². The highest BCUT2D eigenvalue weighted by Crippen LogP contribution is 2.04. The Morgan fingerprint density at radius 3 is 2.30 bits per heavy atom. The first-order chi connectivity index (χ1) is 10.9. The molecule has 0 spiro atoms. The molecule has 0 atom stereocenters. The molecule has 126 valence electrons. The van der Waals surface area contributed by atoms with Crippen LogP contribution in [0, 0.1) is 5.92 Å². The maximum atomic E-state index is 12.0. The van der Waals surface area contributed by atoms with Gasteiger partial charge in [0, 0.05) is 18.2 Å². The first-order valence-electron chi connectivity index (χ1n) is 7.84. The molecule has 0 aliphatic carbocycles. The number of carbonyl (C=O) groups is 3. The van der Waals surface area contributed by atoms with E-state index in [1.54, 1.807) is 26.0 Å². The minimum atomic E-state index is -0.337. The smallest absolute Gasteiger partial charge is 0.243 e. The maximum Gasteiger partial charge on any atom is 0.243 e. The van der Waals surface area contributed by atoms with Gasteiger partial charge in [-0.25, -0.2) is 0 Å². The summed E-state index contributed by atoms with van der Waals surface area (Å²) in [6.45, 7) is 5.94. The first-order valence-corrected chi connectivity index (χ1v) is 7.84. The quantitative estimate of drug-likeness (QED) is 0.764. The second-order valence-electron chi connectivity index (χ2n) is 5.61. The summed E-state index contributed by atoms with van der Waals surface area (Å²) < 4.78 is 0. The largest absolute Gasteiger partial charge is 0.345 e. The molecule has 0 aliphatic rings. The molecule has 0 unspecified atom stereocenters. The second kappa shape index (κ2) is 9.61. The summed E-state index contributed by atoms with van der Waals surface area (Å²) in [7, 11) is 0. The molecule has 1 aromatic carbocycles. The third-order valence-corrected chi connectivity index (χ3v) is 3.14. The van der Waals surface area contributed by atoms with Gasteiger partial charge in [0.25, 0.3) is 0 Å². The van der Waals surface area contributed by atoms with Crippen molar-refractivity contribution in [2.45, 2.75) is 27.2 Å². The standard InChI is InChI=1S/C17H25N3O3/c1-4-10-20(17(23)13(2)3)12-16(22)18-11-15(21)19-14-8-6-5-7-9-14/h5-9,13H,4,10-12H2,1-3H3,(H,18,22)(H,19,21). The van der Waals surface area contributed by atoms with Gasteiger partial charge >= 0.3 is 0 Å². The molecule has 1 aromatic rings. The van der Waals surface area contributed by atoms with E-state index in [2.05, 4.69) is 10.6 Å². The molecule has 0 heterocycles. The molecule has 2 N–H and O–H groups in total. The molecule has 0 radical (unpaired) electrons. The van der Waals surface area contributed by atoms with Gasteiger partial charge in [-0.3, -0.25) is 14.4 Å². The van der Waals surface area contributed by atoms with Crippen LogP contribution in [-0.4, -0.2) is 42.3 Å². The van der Waals surface area contributed by atoms with Crippen molar-refractivity contribution in [2.75, 3.05) is 25.0 Å². The van der Waals surface area contributed by atoms with Crippen LogP contribution in [-0.2, 0) is 14.4 Å². The number of rotatable bonds is 8. The lowest BCUT2D eigenvalue weighted by atomic mass is 10.2. The van der Waals surface area contributed by atoms with Crippen molar-refractivity contribution >= 4 is 23.4 Å². The van der Waals surface area contributed by atoms with Crippen molar-refractivity contribution in [3.8, 4) is 0 Å². The summed E-state index contributed by atoms with van der Waals surface area (Å²) in [6, 6.07) is 9.02. The Hall–Kier alpha value is -2.37. The van der Waals surface area contributed by atoms with Crippen molar-refractivity contribution in [1.82, 2.24) is 10.2 Å². The summed E-state index contributed by atoms with van der Waals surface area (Å²) >= 11 is 0. The van der Waals surface area contributed by atoms with Gasteiger partial charge in [0.2, 0.25) is 17.7 Å². The van der Waals surface area contributed by atoms with Crippen molar-refractivity contribution < 1.29 is 14.4 Å². The summed E-state index contributed by atoms with van der Waals surface area (Å²) in [5.74, 6) is -0.857. The number of nitrogens with one attached hydrogen (secondary N) is 2. The highest BCUT2D eigenvalue weighted by molar-refractivity contribution is 5.95. The van der Waals surface area contributed by atoms with Crippen LogP contribution in [0.2, 0.25) is 0 Å². The summed E-state index contributed by atoms with van der Waals surface area (Å²) in [5, 5.41) is 5.22. The molecule has 3 amide bonds. The Morgan fingerprint density at radius 2 is 1.74 bits per heavy atom. The normalized spacial score (nSPS) is 10.3. The molecule has 0 bridgehead atoms. The maximum absolute atomic E-state index is 12.0. The summed E-state index contributed by atoms with van der Waals surface area (Å²) in [6.07, 6.45) is 0.778. The molecule has 23 heavy (non-hydrogen) atoms. The molecule has 0 fully saturated rings. The molecule has 6 nitrogen and oxygen atoms in total. The van der Waals surface area contributed by atoms with E-state index in [0.29, 0.717) is 12.2 Å². The van der Waals surface area contributed by atoms with Crippen LogP contribution in [0.3, 0.4) is 0 Å². The van der Waals surface area contributed by atoms with E-state index >= 15 is 0 Å². The number of amides is 3.